The van der Waals surface area contributed by atoms with E-state index in [2.05, 4.69) is 5.59 Å². The third-order valence-electron chi connectivity index (χ3n) is 2.06. The smallest absolute Gasteiger partial charge is 0.107 e. The summed E-state index contributed by atoms with van der Waals surface area (Å²) in [6, 6.07) is 0. The maximum absolute atomic E-state index is 5.66. The Morgan fingerprint density at radius 3 is 2.58 bits per heavy atom. The molecule has 1 rings (SSSR count). The van der Waals surface area contributed by atoms with Crippen LogP contribution in [0, 0.1) is 0 Å². The number of rotatable bonds is 4. The van der Waals surface area contributed by atoms with Crippen molar-refractivity contribution in [2.75, 3.05) is 0 Å². The lowest BCUT2D eigenvalue weighted by Crippen LogP contribution is -2.36. The van der Waals surface area contributed by atoms with E-state index in [0.29, 0.717) is 0 Å². The van der Waals surface area contributed by atoms with Gasteiger partial charge in [-0.1, -0.05) is 0 Å². The molecular weight excluding hydrogens is 156 g/mol. The number of hydrazine groups is 1. The summed E-state index contributed by atoms with van der Waals surface area (Å²) in [5.74, 6) is 5.07. The maximum atomic E-state index is 5.66. The van der Waals surface area contributed by atoms with Gasteiger partial charge in [-0.05, 0) is 33.1 Å². The molecule has 0 saturated heterocycles. The van der Waals surface area contributed by atoms with Crippen molar-refractivity contribution in [3.8, 4) is 0 Å². The molecule has 0 aromatic carbocycles. The van der Waals surface area contributed by atoms with Gasteiger partial charge in [0.25, 0.3) is 0 Å². The van der Waals surface area contributed by atoms with Crippen molar-refractivity contribution in [3.63, 3.8) is 0 Å². The molecule has 72 valence electrons. The first-order valence-electron chi connectivity index (χ1n) is 4.50. The molecule has 12 heavy (non-hydrogen) atoms. The monoisotopic (exact) mass is 174 g/mol. The highest BCUT2D eigenvalue weighted by Crippen LogP contribution is 2.24. The SMILES string of the molecule is CC(C)O[C@@H]1CCC[C@H]1ONN. The summed E-state index contributed by atoms with van der Waals surface area (Å²) in [6.45, 7) is 4.07. The van der Waals surface area contributed by atoms with Gasteiger partial charge in [0.15, 0.2) is 0 Å². The van der Waals surface area contributed by atoms with Crippen LogP contribution in [0.3, 0.4) is 0 Å². The van der Waals surface area contributed by atoms with Crippen LogP contribution >= 0.6 is 0 Å². The van der Waals surface area contributed by atoms with E-state index < -0.39 is 0 Å². The van der Waals surface area contributed by atoms with Crippen LogP contribution in [0.2, 0.25) is 0 Å². The number of hydrogen-bond acceptors (Lipinski definition) is 4. The van der Waals surface area contributed by atoms with Gasteiger partial charge in [-0.15, -0.1) is 5.59 Å². The molecule has 0 unspecified atom stereocenters. The first-order chi connectivity index (χ1) is 5.74. The largest absolute Gasteiger partial charge is 0.373 e. The van der Waals surface area contributed by atoms with Crippen molar-refractivity contribution in [3.05, 3.63) is 0 Å². The summed E-state index contributed by atoms with van der Waals surface area (Å²) in [5, 5.41) is 0. The highest BCUT2D eigenvalue weighted by Gasteiger charge is 2.29. The molecule has 1 aliphatic carbocycles. The van der Waals surface area contributed by atoms with Crippen molar-refractivity contribution in [1.82, 2.24) is 5.59 Å². The molecular formula is C8H18N2O2. The zero-order valence-corrected chi connectivity index (χ0v) is 7.75. The fourth-order valence-electron chi connectivity index (χ4n) is 1.62. The van der Waals surface area contributed by atoms with Gasteiger partial charge in [0.05, 0.1) is 12.2 Å². The first kappa shape index (κ1) is 9.92. The van der Waals surface area contributed by atoms with E-state index in [1.54, 1.807) is 0 Å². The minimum Gasteiger partial charge on any atom is -0.373 e. The first-order valence-corrected chi connectivity index (χ1v) is 4.50. The third-order valence-corrected chi connectivity index (χ3v) is 2.06. The van der Waals surface area contributed by atoms with Crippen molar-refractivity contribution in [2.45, 2.75) is 51.4 Å². The summed E-state index contributed by atoms with van der Waals surface area (Å²) < 4.78 is 5.66. The Hall–Kier alpha value is -0.160. The zero-order valence-electron chi connectivity index (χ0n) is 7.75. The Morgan fingerprint density at radius 1 is 1.33 bits per heavy atom. The van der Waals surface area contributed by atoms with E-state index in [1.807, 2.05) is 13.8 Å². The van der Waals surface area contributed by atoms with Gasteiger partial charge in [-0.25, -0.2) is 5.84 Å². The third kappa shape index (κ3) is 2.71. The van der Waals surface area contributed by atoms with E-state index in [0.717, 1.165) is 19.3 Å². The van der Waals surface area contributed by atoms with E-state index >= 15 is 0 Å². The quantitative estimate of drug-likeness (QED) is 0.487. The topological polar surface area (TPSA) is 56.5 Å². The predicted octanol–water partition coefficient (Wildman–Crippen LogP) is 0.727. The molecule has 0 amide bonds. The fraction of sp³-hybridized carbons (Fsp3) is 1.00. The van der Waals surface area contributed by atoms with Crippen LogP contribution < -0.4 is 11.4 Å². The lowest BCUT2D eigenvalue weighted by Gasteiger charge is -2.21. The molecule has 0 radical (unpaired) electrons. The second-order valence-electron chi connectivity index (χ2n) is 3.43. The van der Waals surface area contributed by atoms with E-state index in [-0.39, 0.29) is 18.3 Å². The molecule has 0 heterocycles. The van der Waals surface area contributed by atoms with Gasteiger partial charge in [0.1, 0.15) is 6.10 Å². The average Bonchev–Trinajstić information content (AvgIpc) is 2.37. The number of ether oxygens (including phenoxy) is 1. The number of hydrogen-bond donors (Lipinski definition) is 2. The lowest BCUT2D eigenvalue weighted by molar-refractivity contribution is -0.110. The zero-order chi connectivity index (χ0) is 8.97. The van der Waals surface area contributed by atoms with Gasteiger partial charge in [0, 0.05) is 0 Å². The van der Waals surface area contributed by atoms with E-state index in [9.17, 15) is 0 Å². The van der Waals surface area contributed by atoms with Crippen molar-refractivity contribution >= 4 is 0 Å². The molecule has 4 nitrogen and oxygen atoms in total. The Balaban J connectivity index is 2.30. The second kappa shape index (κ2) is 4.77. The molecule has 1 aliphatic rings. The lowest BCUT2D eigenvalue weighted by atomic mass is 10.2. The molecule has 0 bridgehead atoms. The molecule has 0 aromatic rings. The summed E-state index contributed by atoms with van der Waals surface area (Å²) in [5.41, 5.74) is 2.23. The minimum atomic E-state index is 0.123. The molecule has 2 atom stereocenters. The van der Waals surface area contributed by atoms with Crippen molar-refractivity contribution in [2.24, 2.45) is 5.84 Å². The second-order valence-corrected chi connectivity index (χ2v) is 3.43. The maximum Gasteiger partial charge on any atom is 0.107 e. The van der Waals surface area contributed by atoms with Gasteiger partial charge in [-0.2, -0.15) is 0 Å². The summed E-state index contributed by atoms with van der Waals surface area (Å²) in [4.78, 5) is 5.12. The molecule has 0 aromatic heterocycles. The van der Waals surface area contributed by atoms with Crippen LogP contribution in [0.1, 0.15) is 33.1 Å². The van der Waals surface area contributed by atoms with Gasteiger partial charge < -0.3 is 4.74 Å². The highest BCUT2D eigenvalue weighted by atomic mass is 16.7. The molecule has 0 aliphatic heterocycles. The fourth-order valence-corrected chi connectivity index (χ4v) is 1.62. The summed E-state index contributed by atoms with van der Waals surface area (Å²) >= 11 is 0. The summed E-state index contributed by atoms with van der Waals surface area (Å²) in [7, 11) is 0. The molecule has 1 fully saturated rings. The summed E-state index contributed by atoms with van der Waals surface area (Å²) in [6.07, 6.45) is 3.85. The van der Waals surface area contributed by atoms with Crippen LogP contribution in [0.4, 0.5) is 0 Å². The van der Waals surface area contributed by atoms with Gasteiger partial charge >= 0.3 is 0 Å². The van der Waals surface area contributed by atoms with Crippen LogP contribution in [0.5, 0.6) is 0 Å². The minimum absolute atomic E-state index is 0.123. The van der Waals surface area contributed by atoms with Crippen LogP contribution in [-0.4, -0.2) is 18.3 Å². The van der Waals surface area contributed by atoms with Crippen LogP contribution in [0.15, 0.2) is 0 Å². The molecule has 4 heteroatoms. The van der Waals surface area contributed by atoms with Crippen molar-refractivity contribution < 1.29 is 9.57 Å². The Labute approximate surface area is 73.3 Å². The molecule has 0 spiro atoms. The highest BCUT2D eigenvalue weighted by molar-refractivity contribution is 4.78. The van der Waals surface area contributed by atoms with Crippen molar-refractivity contribution in [1.29, 1.82) is 0 Å². The van der Waals surface area contributed by atoms with Crippen LogP contribution in [0.25, 0.3) is 0 Å². The van der Waals surface area contributed by atoms with Gasteiger partial charge in [0.2, 0.25) is 0 Å². The number of nitrogens with one attached hydrogen (secondary N) is 1. The van der Waals surface area contributed by atoms with E-state index in [1.165, 1.54) is 0 Å². The van der Waals surface area contributed by atoms with Gasteiger partial charge in [-0.3, -0.25) is 4.84 Å². The molecule has 3 N–H and O–H groups in total. The standard InChI is InChI=1S/C8H18N2O2/c1-6(2)11-7-4-3-5-8(7)12-10-9/h6-8,10H,3-5,9H2,1-2H3/t7-,8-/m1/s1. The van der Waals surface area contributed by atoms with Crippen LogP contribution in [-0.2, 0) is 9.57 Å². The normalized spacial score (nSPS) is 30.0. The van der Waals surface area contributed by atoms with E-state index in [4.69, 9.17) is 15.4 Å². The molecule has 1 saturated carbocycles. The predicted molar refractivity (Wildman–Crippen MR) is 46.1 cm³/mol. The Morgan fingerprint density at radius 2 is 2.00 bits per heavy atom. The Bertz CT molecular complexity index is 130. The number of nitrogens with two attached hydrogens (primary N) is 1. The Kier molecular flexibility index (Phi) is 3.94. The average molecular weight is 174 g/mol.